The second kappa shape index (κ2) is 9.17. The molecule has 174 valence electrons. The highest BCUT2D eigenvalue weighted by Gasteiger charge is 2.27. The van der Waals surface area contributed by atoms with Gasteiger partial charge in [-0.15, -0.1) is 0 Å². The molecule has 1 aliphatic rings. The number of anilines is 1. The van der Waals surface area contributed by atoms with Crippen molar-refractivity contribution in [2.45, 2.75) is 58.5 Å². The van der Waals surface area contributed by atoms with Gasteiger partial charge >= 0.3 is 0 Å². The minimum Gasteiger partial charge on any atom is -0.380 e. The standard InChI is InChI=1S/C24H29FN6O2/c1-13(2)29-22-19(24(33)30-17-6-4-15(5-7-17)23(26)32)11-28-31-12-16(9-20(22)31)18-10-27-21(25)8-14(18)3/h8-13,15,17,29H,4-7H2,1-3H3,(H2,26,32)(H,30,33). The summed E-state index contributed by atoms with van der Waals surface area (Å²) in [5.74, 6) is -1.12. The zero-order valence-corrected chi connectivity index (χ0v) is 19.1. The first-order valence-corrected chi connectivity index (χ1v) is 11.2. The number of amides is 2. The number of nitrogens with one attached hydrogen (secondary N) is 2. The molecular weight excluding hydrogens is 423 g/mol. The Labute approximate surface area is 191 Å². The van der Waals surface area contributed by atoms with Crippen molar-refractivity contribution < 1.29 is 14.0 Å². The van der Waals surface area contributed by atoms with Gasteiger partial charge in [0.1, 0.15) is 0 Å². The number of hydrogen-bond acceptors (Lipinski definition) is 5. The van der Waals surface area contributed by atoms with Gasteiger partial charge in [0.25, 0.3) is 5.91 Å². The van der Waals surface area contributed by atoms with Crippen LogP contribution in [0.25, 0.3) is 16.6 Å². The molecular formula is C24H29FN6O2. The van der Waals surface area contributed by atoms with Gasteiger partial charge in [-0.05, 0) is 64.2 Å². The SMILES string of the molecule is Cc1cc(F)ncc1-c1cc2c(NC(C)C)c(C(=O)NC3CCC(C(N)=O)CC3)cnn2c1. The maximum Gasteiger partial charge on any atom is 0.255 e. The lowest BCUT2D eigenvalue weighted by molar-refractivity contribution is -0.122. The van der Waals surface area contributed by atoms with E-state index in [1.54, 1.807) is 10.7 Å². The number of pyridine rings is 1. The summed E-state index contributed by atoms with van der Waals surface area (Å²) in [7, 11) is 0. The number of aryl methyl sites for hydroxylation is 1. The molecule has 33 heavy (non-hydrogen) atoms. The number of primary amides is 1. The van der Waals surface area contributed by atoms with E-state index in [2.05, 4.69) is 20.7 Å². The molecule has 0 spiro atoms. The molecule has 0 radical (unpaired) electrons. The Morgan fingerprint density at radius 3 is 2.55 bits per heavy atom. The highest BCUT2D eigenvalue weighted by atomic mass is 19.1. The molecule has 0 aromatic carbocycles. The van der Waals surface area contributed by atoms with Crippen LogP contribution in [0.5, 0.6) is 0 Å². The van der Waals surface area contributed by atoms with E-state index in [0.29, 0.717) is 36.9 Å². The van der Waals surface area contributed by atoms with Gasteiger partial charge in [0.05, 0.1) is 23.0 Å². The average molecular weight is 453 g/mol. The van der Waals surface area contributed by atoms with E-state index in [1.807, 2.05) is 33.0 Å². The van der Waals surface area contributed by atoms with E-state index >= 15 is 0 Å². The summed E-state index contributed by atoms with van der Waals surface area (Å²) in [6.07, 6.45) is 7.70. The number of hydrogen-bond donors (Lipinski definition) is 3. The van der Waals surface area contributed by atoms with Crippen LogP contribution in [0.4, 0.5) is 10.1 Å². The van der Waals surface area contributed by atoms with E-state index in [-0.39, 0.29) is 29.8 Å². The minimum atomic E-state index is -0.524. The minimum absolute atomic E-state index is 0.00786. The second-order valence-corrected chi connectivity index (χ2v) is 9.04. The first kappa shape index (κ1) is 22.7. The highest BCUT2D eigenvalue weighted by molar-refractivity contribution is 6.03. The van der Waals surface area contributed by atoms with E-state index in [9.17, 15) is 14.0 Å². The van der Waals surface area contributed by atoms with Gasteiger partial charge in [-0.2, -0.15) is 9.49 Å². The van der Waals surface area contributed by atoms with E-state index in [0.717, 1.165) is 22.2 Å². The van der Waals surface area contributed by atoms with E-state index < -0.39 is 5.95 Å². The number of nitrogens with zero attached hydrogens (tertiary/aromatic N) is 3. The molecule has 4 rings (SSSR count). The van der Waals surface area contributed by atoms with E-state index in [4.69, 9.17) is 5.73 Å². The Hall–Kier alpha value is -3.49. The summed E-state index contributed by atoms with van der Waals surface area (Å²) in [6, 6.07) is 3.39. The van der Waals surface area contributed by atoms with Crippen LogP contribution in [0, 0.1) is 18.8 Å². The molecule has 1 fully saturated rings. The third-order valence-electron chi connectivity index (χ3n) is 6.17. The van der Waals surface area contributed by atoms with Crippen LogP contribution in [0.2, 0.25) is 0 Å². The highest BCUT2D eigenvalue weighted by Crippen LogP contribution is 2.31. The molecule has 3 heterocycles. The number of rotatable bonds is 6. The van der Waals surface area contributed by atoms with Gasteiger partial charge in [0, 0.05) is 41.5 Å². The van der Waals surface area contributed by atoms with Gasteiger partial charge in [0.2, 0.25) is 11.9 Å². The summed E-state index contributed by atoms with van der Waals surface area (Å²) >= 11 is 0. The van der Waals surface area contributed by atoms with Gasteiger partial charge in [-0.25, -0.2) is 9.50 Å². The first-order valence-electron chi connectivity index (χ1n) is 11.2. The summed E-state index contributed by atoms with van der Waals surface area (Å²) < 4.78 is 15.2. The lowest BCUT2D eigenvalue weighted by Crippen LogP contribution is -2.40. The zero-order valence-electron chi connectivity index (χ0n) is 19.1. The van der Waals surface area contributed by atoms with Crippen LogP contribution < -0.4 is 16.4 Å². The van der Waals surface area contributed by atoms with Crippen molar-refractivity contribution in [3.8, 4) is 11.1 Å². The predicted molar refractivity (Wildman–Crippen MR) is 124 cm³/mol. The van der Waals surface area contributed by atoms with Gasteiger partial charge in [-0.1, -0.05) is 0 Å². The largest absolute Gasteiger partial charge is 0.380 e. The van der Waals surface area contributed by atoms with Crippen molar-refractivity contribution in [3.05, 3.63) is 47.8 Å². The summed E-state index contributed by atoms with van der Waals surface area (Å²) in [4.78, 5) is 28.4. The van der Waals surface area contributed by atoms with Crippen LogP contribution in [0.1, 0.15) is 55.5 Å². The van der Waals surface area contributed by atoms with Gasteiger partial charge in [-0.3, -0.25) is 9.59 Å². The smallest absolute Gasteiger partial charge is 0.255 e. The van der Waals surface area contributed by atoms with Crippen LogP contribution in [-0.4, -0.2) is 38.5 Å². The van der Waals surface area contributed by atoms with Crippen LogP contribution in [0.15, 0.2) is 30.7 Å². The van der Waals surface area contributed by atoms with Crippen LogP contribution in [-0.2, 0) is 4.79 Å². The zero-order chi connectivity index (χ0) is 23.7. The van der Waals surface area contributed by atoms with Crippen LogP contribution in [0.3, 0.4) is 0 Å². The predicted octanol–water partition coefficient (Wildman–Crippen LogP) is 3.44. The molecule has 3 aromatic heterocycles. The van der Waals surface area contributed by atoms with Crippen molar-refractivity contribution in [1.29, 1.82) is 0 Å². The monoisotopic (exact) mass is 452 g/mol. The molecule has 0 aliphatic heterocycles. The van der Waals surface area contributed by atoms with Crippen molar-refractivity contribution in [2.24, 2.45) is 11.7 Å². The lowest BCUT2D eigenvalue weighted by Gasteiger charge is -2.27. The maximum absolute atomic E-state index is 13.5. The van der Waals surface area contributed by atoms with Gasteiger partial charge < -0.3 is 16.4 Å². The fraction of sp³-hybridized carbons (Fsp3) is 0.417. The van der Waals surface area contributed by atoms with Crippen LogP contribution >= 0.6 is 0 Å². The molecule has 0 saturated heterocycles. The third-order valence-corrected chi connectivity index (χ3v) is 6.17. The molecule has 0 unspecified atom stereocenters. The molecule has 2 amide bonds. The Balaban J connectivity index is 1.65. The molecule has 8 nitrogen and oxygen atoms in total. The average Bonchev–Trinajstić information content (AvgIpc) is 3.18. The van der Waals surface area contributed by atoms with Crippen molar-refractivity contribution in [1.82, 2.24) is 19.9 Å². The van der Waals surface area contributed by atoms with Crippen molar-refractivity contribution in [3.63, 3.8) is 0 Å². The molecule has 9 heteroatoms. The summed E-state index contributed by atoms with van der Waals surface area (Å²) in [5.41, 5.74) is 9.69. The summed E-state index contributed by atoms with van der Waals surface area (Å²) in [6.45, 7) is 5.83. The number of carbonyl (C=O) groups is 2. The Bertz CT molecular complexity index is 1200. The number of carbonyl (C=O) groups excluding carboxylic acids is 2. The molecule has 1 saturated carbocycles. The maximum atomic E-state index is 13.5. The topological polar surface area (TPSA) is 114 Å². The number of nitrogens with two attached hydrogens (primary N) is 1. The fourth-order valence-electron chi connectivity index (χ4n) is 4.43. The number of halogens is 1. The molecule has 4 N–H and O–H groups in total. The first-order chi connectivity index (χ1) is 15.7. The van der Waals surface area contributed by atoms with E-state index in [1.165, 1.54) is 12.3 Å². The Morgan fingerprint density at radius 1 is 1.18 bits per heavy atom. The molecule has 1 aliphatic carbocycles. The molecule has 3 aromatic rings. The third kappa shape index (κ3) is 4.81. The summed E-state index contributed by atoms with van der Waals surface area (Å²) in [5, 5.41) is 10.9. The fourth-order valence-corrected chi connectivity index (χ4v) is 4.43. The quantitative estimate of drug-likeness (QED) is 0.496. The normalized spacial score (nSPS) is 18.5. The number of aromatic nitrogens is 3. The Morgan fingerprint density at radius 2 is 1.91 bits per heavy atom. The molecule has 0 bridgehead atoms. The van der Waals surface area contributed by atoms with Crippen molar-refractivity contribution >= 4 is 23.0 Å². The molecule has 0 atom stereocenters. The second-order valence-electron chi connectivity index (χ2n) is 9.04. The Kier molecular flexibility index (Phi) is 6.31. The lowest BCUT2D eigenvalue weighted by atomic mass is 9.85. The van der Waals surface area contributed by atoms with Crippen molar-refractivity contribution in [2.75, 3.05) is 5.32 Å². The van der Waals surface area contributed by atoms with Gasteiger partial charge in [0.15, 0.2) is 0 Å². The number of fused-ring (bicyclic) bond motifs is 1.